The van der Waals surface area contributed by atoms with Gasteiger partial charge in [0.05, 0.1) is 6.42 Å². The molecule has 186 valence electrons. The number of nitrogens with zero attached hydrogens (tertiary/aromatic N) is 1. The number of carboxylic acids is 1. The van der Waals surface area contributed by atoms with E-state index in [1.54, 1.807) is 4.90 Å². The average molecular weight is 479 g/mol. The van der Waals surface area contributed by atoms with Crippen LogP contribution in [0.15, 0.2) is 48.5 Å². The van der Waals surface area contributed by atoms with Gasteiger partial charge in [-0.2, -0.15) is 0 Å². The van der Waals surface area contributed by atoms with Crippen LogP contribution < -0.4 is 5.32 Å². The lowest BCUT2D eigenvalue weighted by molar-refractivity contribution is -0.142. The summed E-state index contributed by atoms with van der Waals surface area (Å²) in [6.45, 7) is 7.77. The molecule has 0 saturated carbocycles. The molecular formula is C28H34N2O5. The van der Waals surface area contributed by atoms with Crippen LogP contribution in [0, 0.1) is 11.3 Å². The summed E-state index contributed by atoms with van der Waals surface area (Å²) in [5.74, 6) is -1.25. The lowest BCUT2D eigenvalue weighted by atomic mass is 9.84. The SMILES string of the molecule is CC(C)(C)CC1CCN(C(=O)C(CC(=O)O)NC(=O)OCC2c3ccccc3-c3ccccc32)C1. The number of carbonyl (C=O) groups is 3. The number of amides is 2. The molecule has 2 N–H and O–H groups in total. The summed E-state index contributed by atoms with van der Waals surface area (Å²) in [6, 6.07) is 14.9. The minimum absolute atomic E-state index is 0.102. The van der Waals surface area contributed by atoms with Crippen LogP contribution >= 0.6 is 0 Å². The number of ether oxygens (including phenoxy) is 1. The van der Waals surface area contributed by atoms with Crippen molar-refractivity contribution in [1.29, 1.82) is 0 Å². The number of carbonyl (C=O) groups excluding carboxylic acids is 2. The fraction of sp³-hybridized carbons (Fsp3) is 0.464. The maximum atomic E-state index is 13.1. The number of fused-ring (bicyclic) bond motifs is 3. The number of nitrogens with one attached hydrogen (secondary N) is 1. The Morgan fingerprint density at radius 3 is 2.23 bits per heavy atom. The number of alkyl carbamates (subject to hydrolysis) is 1. The van der Waals surface area contributed by atoms with Crippen LogP contribution in [0.2, 0.25) is 0 Å². The van der Waals surface area contributed by atoms with Crippen molar-refractivity contribution in [2.45, 2.75) is 52.0 Å². The number of carboxylic acid groups (broad SMARTS) is 1. The van der Waals surface area contributed by atoms with Crippen molar-refractivity contribution >= 4 is 18.0 Å². The lowest BCUT2D eigenvalue weighted by Gasteiger charge is -2.25. The minimum Gasteiger partial charge on any atom is -0.481 e. The van der Waals surface area contributed by atoms with Gasteiger partial charge in [-0.25, -0.2) is 4.79 Å². The number of hydrogen-bond donors (Lipinski definition) is 2. The molecule has 2 unspecified atom stereocenters. The Morgan fingerprint density at radius 2 is 1.66 bits per heavy atom. The number of benzene rings is 2. The topological polar surface area (TPSA) is 95.9 Å². The highest BCUT2D eigenvalue weighted by Crippen LogP contribution is 2.44. The molecule has 1 heterocycles. The summed E-state index contributed by atoms with van der Waals surface area (Å²) in [5.41, 5.74) is 4.57. The van der Waals surface area contributed by atoms with Crippen molar-refractivity contribution < 1.29 is 24.2 Å². The smallest absolute Gasteiger partial charge is 0.407 e. The molecule has 2 aromatic carbocycles. The summed E-state index contributed by atoms with van der Waals surface area (Å²) in [4.78, 5) is 38.9. The van der Waals surface area contributed by atoms with E-state index in [4.69, 9.17) is 4.74 Å². The molecule has 1 fully saturated rings. The van der Waals surface area contributed by atoms with E-state index in [9.17, 15) is 19.5 Å². The van der Waals surface area contributed by atoms with Gasteiger partial charge in [-0.05, 0) is 46.4 Å². The third-order valence-corrected chi connectivity index (χ3v) is 6.81. The second-order valence-electron chi connectivity index (χ2n) is 10.8. The molecule has 4 rings (SSSR count). The zero-order valence-corrected chi connectivity index (χ0v) is 20.6. The minimum atomic E-state index is -1.16. The summed E-state index contributed by atoms with van der Waals surface area (Å²) in [7, 11) is 0. The highest BCUT2D eigenvalue weighted by atomic mass is 16.5. The summed E-state index contributed by atoms with van der Waals surface area (Å²) >= 11 is 0. The fourth-order valence-electron chi connectivity index (χ4n) is 5.44. The Kier molecular flexibility index (Phi) is 7.15. The molecule has 0 spiro atoms. The molecule has 2 amide bonds. The van der Waals surface area contributed by atoms with Crippen molar-refractivity contribution in [1.82, 2.24) is 10.2 Å². The third kappa shape index (κ3) is 5.84. The molecule has 7 nitrogen and oxygen atoms in total. The van der Waals surface area contributed by atoms with Crippen molar-refractivity contribution in [2.24, 2.45) is 11.3 Å². The largest absolute Gasteiger partial charge is 0.481 e. The van der Waals surface area contributed by atoms with Crippen molar-refractivity contribution in [3.05, 3.63) is 59.7 Å². The molecule has 0 aromatic heterocycles. The van der Waals surface area contributed by atoms with Crippen molar-refractivity contribution in [2.75, 3.05) is 19.7 Å². The predicted octanol–water partition coefficient (Wildman–Crippen LogP) is 4.65. The number of aliphatic carboxylic acids is 1. The zero-order valence-electron chi connectivity index (χ0n) is 20.6. The quantitative estimate of drug-likeness (QED) is 0.604. The van der Waals surface area contributed by atoms with Gasteiger partial charge in [0.1, 0.15) is 12.6 Å². The first-order valence-electron chi connectivity index (χ1n) is 12.2. The summed E-state index contributed by atoms with van der Waals surface area (Å²) in [5, 5.41) is 11.9. The Balaban J connectivity index is 1.39. The van der Waals surface area contributed by atoms with E-state index >= 15 is 0 Å². The summed E-state index contributed by atoms with van der Waals surface area (Å²) < 4.78 is 5.54. The Bertz CT molecular complexity index is 1060. The molecule has 2 aliphatic rings. The van der Waals surface area contributed by atoms with E-state index in [1.165, 1.54) is 0 Å². The highest BCUT2D eigenvalue weighted by molar-refractivity contribution is 5.89. The highest BCUT2D eigenvalue weighted by Gasteiger charge is 2.35. The molecule has 0 radical (unpaired) electrons. The molecule has 1 saturated heterocycles. The number of likely N-dealkylation sites (tertiary alicyclic amines) is 1. The van der Waals surface area contributed by atoms with Gasteiger partial charge in [-0.15, -0.1) is 0 Å². The number of rotatable bonds is 7. The predicted molar refractivity (Wildman–Crippen MR) is 133 cm³/mol. The lowest BCUT2D eigenvalue weighted by Crippen LogP contribution is -2.49. The Morgan fingerprint density at radius 1 is 1.06 bits per heavy atom. The maximum Gasteiger partial charge on any atom is 0.407 e. The average Bonchev–Trinajstić information content (AvgIpc) is 3.38. The monoisotopic (exact) mass is 478 g/mol. The van der Waals surface area contributed by atoms with Crippen LogP contribution in [0.1, 0.15) is 57.1 Å². The fourth-order valence-corrected chi connectivity index (χ4v) is 5.44. The normalized spacial score (nSPS) is 18.0. The third-order valence-electron chi connectivity index (χ3n) is 6.81. The van der Waals surface area contributed by atoms with E-state index in [0.29, 0.717) is 19.0 Å². The van der Waals surface area contributed by atoms with Crippen LogP contribution in [0.5, 0.6) is 0 Å². The van der Waals surface area contributed by atoms with Gasteiger partial charge < -0.3 is 20.1 Å². The molecule has 7 heteroatoms. The Labute approximate surface area is 206 Å². The van der Waals surface area contributed by atoms with E-state index in [1.807, 2.05) is 36.4 Å². The van der Waals surface area contributed by atoms with Gasteiger partial charge in [0.2, 0.25) is 5.91 Å². The van der Waals surface area contributed by atoms with E-state index in [2.05, 4.69) is 38.2 Å². The van der Waals surface area contributed by atoms with Crippen molar-refractivity contribution in [3.8, 4) is 11.1 Å². The van der Waals surface area contributed by atoms with E-state index in [0.717, 1.165) is 35.1 Å². The van der Waals surface area contributed by atoms with Crippen LogP contribution in [-0.4, -0.2) is 53.7 Å². The van der Waals surface area contributed by atoms with Crippen LogP contribution in [-0.2, 0) is 14.3 Å². The van der Waals surface area contributed by atoms with Crippen LogP contribution in [0.4, 0.5) is 4.79 Å². The molecule has 0 bridgehead atoms. The van der Waals surface area contributed by atoms with E-state index in [-0.39, 0.29) is 23.8 Å². The van der Waals surface area contributed by atoms with Crippen molar-refractivity contribution in [3.63, 3.8) is 0 Å². The van der Waals surface area contributed by atoms with Gasteiger partial charge in [0.15, 0.2) is 0 Å². The first-order chi connectivity index (χ1) is 16.6. The molecule has 1 aliphatic carbocycles. The molecule has 35 heavy (non-hydrogen) atoms. The van der Waals surface area contributed by atoms with Gasteiger partial charge in [0.25, 0.3) is 0 Å². The van der Waals surface area contributed by atoms with Gasteiger partial charge in [0, 0.05) is 19.0 Å². The molecule has 2 aromatic rings. The second-order valence-corrected chi connectivity index (χ2v) is 10.8. The van der Waals surface area contributed by atoms with Gasteiger partial charge in [-0.3, -0.25) is 9.59 Å². The summed E-state index contributed by atoms with van der Waals surface area (Å²) in [6.07, 6.45) is 0.606. The molecule has 2 atom stereocenters. The van der Waals surface area contributed by atoms with Gasteiger partial charge >= 0.3 is 12.1 Å². The number of hydrogen-bond acceptors (Lipinski definition) is 4. The maximum absolute atomic E-state index is 13.1. The molecule has 1 aliphatic heterocycles. The zero-order chi connectivity index (χ0) is 25.2. The van der Waals surface area contributed by atoms with Crippen LogP contribution in [0.3, 0.4) is 0 Å². The van der Waals surface area contributed by atoms with Gasteiger partial charge in [-0.1, -0.05) is 69.3 Å². The first-order valence-corrected chi connectivity index (χ1v) is 12.2. The first kappa shape index (κ1) is 24.8. The Hall–Kier alpha value is -3.35. The second kappa shape index (κ2) is 10.1. The van der Waals surface area contributed by atoms with Crippen LogP contribution in [0.25, 0.3) is 11.1 Å². The van der Waals surface area contributed by atoms with E-state index < -0.39 is 24.5 Å². The molecular weight excluding hydrogens is 444 g/mol. The standard InChI is InChI=1S/C28H34N2O5/c1-28(2,3)15-18-12-13-30(16-18)26(33)24(14-25(31)32)29-27(34)35-17-23-21-10-6-4-8-19(21)20-9-5-7-11-22(20)23/h4-11,18,23-24H,12-17H2,1-3H3,(H,29,34)(H,31,32).